The van der Waals surface area contributed by atoms with E-state index in [9.17, 15) is 0 Å². The van der Waals surface area contributed by atoms with Crippen molar-refractivity contribution in [3.05, 3.63) is 53.1 Å². The van der Waals surface area contributed by atoms with E-state index in [4.69, 9.17) is 21.4 Å². The number of thioether (sulfide) groups is 1. The summed E-state index contributed by atoms with van der Waals surface area (Å²) in [7, 11) is 1.70. The number of rotatable bonds is 2. The van der Waals surface area contributed by atoms with Crippen LogP contribution in [0.5, 0.6) is 5.75 Å². The first-order chi connectivity index (χ1) is 10.7. The Labute approximate surface area is 138 Å². The van der Waals surface area contributed by atoms with Crippen molar-refractivity contribution in [2.24, 2.45) is 11.0 Å². The van der Waals surface area contributed by atoms with Gasteiger partial charge in [0.15, 0.2) is 0 Å². The van der Waals surface area contributed by atoms with Crippen LogP contribution in [-0.4, -0.2) is 25.1 Å². The van der Waals surface area contributed by atoms with Gasteiger partial charge in [-0.3, -0.25) is 5.01 Å². The molecule has 1 unspecified atom stereocenters. The molecule has 3 nitrogen and oxygen atoms in total. The molecule has 0 fully saturated rings. The summed E-state index contributed by atoms with van der Waals surface area (Å²) >= 11 is 7.87. The van der Waals surface area contributed by atoms with Crippen LogP contribution in [0.2, 0.25) is 5.02 Å². The molecule has 22 heavy (non-hydrogen) atoms. The maximum atomic E-state index is 5.97. The summed E-state index contributed by atoms with van der Waals surface area (Å²) in [5, 5.41) is 7.69. The third kappa shape index (κ3) is 2.36. The number of methoxy groups -OCH3 is 1. The quantitative estimate of drug-likeness (QED) is 0.821. The van der Waals surface area contributed by atoms with Gasteiger partial charge in [0, 0.05) is 27.2 Å². The average Bonchev–Trinajstić information content (AvgIpc) is 2.99. The fraction of sp³-hybridized carbons (Fsp3) is 0.235. The minimum atomic E-state index is 0.459. The van der Waals surface area contributed by atoms with Crippen molar-refractivity contribution in [2.45, 2.75) is 4.90 Å². The van der Waals surface area contributed by atoms with E-state index >= 15 is 0 Å². The Kier molecular flexibility index (Phi) is 3.51. The highest BCUT2D eigenvalue weighted by Gasteiger charge is 2.33. The molecule has 112 valence electrons. The molecule has 2 aliphatic heterocycles. The number of ether oxygens (including phenoxy) is 1. The summed E-state index contributed by atoms with van der Waals surface area (Å²) in [6, 6.07) is 14.1. The summed E-state index contributed by atoms with van der Waals surface area (Å²) in [4.78, 5) is 1.29. The van der Waals surface area contributed by atoms with Crippen molar-refractivity contribution in [3.63, 3.8) is 0 Å². The van der Waals surface area contributed by atoms with Gasteiger partial charge in [-0.25, -0.2) is 0 Å². The average molecular weight is 331 g/mol. The van der Waals surface area contributed by atoms with Gasteiger partial charge in [-0.1, -0.05) is 11.6 Å². The fourth-order valence-electron chi connectivity index (χ4n) is 2.88. The molecular formula is C17H15ClN2OS. The van der Waals surface area contributed by atoms with Crippen LogP contribution >= 0.6 is 23.4 Å². The number of hydrogen-bond acceptors (Lipinski definition) is 4. The van der Waals surface area contributed by atoms with Gasteiger partial charge in [0.05, 0.1) is 25.1 Å². The lowest BCUT2D eigenvalue weighted by atomic mass is 9.98. The van der Waals surface area contributed by atoms with Gasteiger partial charge < -0.3 is 4.74 Å². The van der Waals surface area contributed by atoms with Gasteiger partial charge in [-0.05, 0) is 42.5 Å². The molecule has 0 N–H and O–H groups in total. The molecule has 2 aromatic carbocycles. The smallest absolute Gasteiger partial charge is 0.119 e. The largest absolute Gasteiger partial charge is 0.497 e. The first kappa shape index (κ1) is 14.0. The molecule has 0 radical (unpaired) electrons. The van der Waals surface area contributed by atoms with Crippen molar-refractivity contribution in [1.29, 1.82) is 0 Å². The van der Waals surface area contributed by atoms with Crippen LogP contribution in [-0.2, 0) is 0 Å². The summed E-state index contributed by atoms with van der Waals surface area (Å²) in [5.41, 5.74) is 3.46. The van der Waals surface area contributed by atoms with E-state index in [1.54, 1.807) is 7.11 Å². The molecule has 2 aliphatic rings. The second-order valence-electron chi connectivity index (χ2n) is 5.41. The van der Waals surface area contributed by atoms with Gasteiger partial charge in [-0.15, -0.1) is 11.8 Å². The zero-order valence-corrected chi connectivity index (χ0v) is 13.7. The van der Waals surface area contributed by atoms with E-state index in [0.717, 1.165) is 28.8 Å². The Morgan fingerprint density at radius 2 is 2.05 bits per heavy atom. The molecule has 0 amide bonds. The van der Waals surface area contributed by atoms with Gasteiger partial charge in [0.1, 0.15) is 5.75 Å². The SMILES string of the molecule is COc1ccc2c(c1)C1=NN(c3ccc(Cl)cc3)CC1CS2. The summed E-state index contributed by atoms with van der Waals surface area (Å²) in [5.74, 6) is 2.41. The maximum absolute atomic E-state index is 5.97. The predicted octanol–water partition coefficient (Wildman–Crippen LogP) is 4.29. The Morgan fingerprint density at radius 1 is 1.23 bits per heavy atom. The molecule has 0 aliphatic carbocycles. The van der Waals surface area contributed by atoms with E-state index in [0.29, 0.717) is 5.92 Å². The van der Waals surface area contributed by atoms with Crippen LogP contribution in [0.3, 0.4) is 0 Å². The third-order valence-corrected chi connectivity index (χ3v) is 5.52. The molecule has 0 aromatic heterocycles. The molecule has 4 rings (SSSR count). The van der Waals surface area contributed by atoms with Gasteiger partial charge in [-0.2, -0.15) is 5.10 Å². The van der Waals surface area contributed by atoms with Crippen molar-refractivity contribution < 1.29 is 4.74 Å². The minimum absolute atomic E-state index is 0.459. The number of hydrogen-bond donors (Lipinski definition) is 0. The third-order valence-electron chi connectivity index (χ3n) is 4.04. The normalized spacial score (nSPS) is 19.5. The Balaban J connectivity index is 1.72. The lowest BCUT2D eigenvalue weighted by molar-refractivity contribution is 0.414. The minimum Gasteiger partial charge on any atom is -0.497 e. The van der Waals surface area contributed by atoms with Gasteiger partial charge in [0.2, 0.25) is 0 Å². The van der Waals surface area contributed by atoms with E-state index in [2.05, 4.69) is 17.1 Å². The molecule has 0 saturated heterocycles. The first-order valence-electron chi connectivity index (χ1n) is 7.17. The van der Waals surface area contributed by atoms with Crippen LogP contribution in [0.15, 0.2) is 52.5 Å². The highest BCUT2D eigenvalue weighted by Crippen LogP contribution is 2.39. The number of benzene rings is 2. The van der Waals surface area contributed by atoms with Crippen molar-refractivity contribution in [1.82, 2.24) is 0 Å². The number of hydrazone groups is 1. The first-order valence-corrected chi connectivity index (χ1v) is 8.54. The Morgan fingerprint density at radius 3 is 2.82 bits per heavy atom. The predicted molar refractivity (Wildman–Crippen MR) is 92.5 cm³/mol. The highest BCUT2D eigenvalue weighted by molar-refractivity contribution is 7.99. The Hall–Kier alpha value is -1.65. The van der Waals surface area contributed by atoms with E-state index in [-0.39, 0.29) is 0 Å². The monoisotopic (exact) mass is 330 g/mol. The zero-order valence-electron chi connectivity index (χ0n) is 12.1. The highest BCUT2D eigenvalue weighted by atomic mass is 35.5. The van der Waals surface area contributed by atoms with E-state index in [1.165, 1.54) is 16.2 Å². The maximum Gasteiger partial charge on any atom is 0.119 e. The second kappa shape index (κ2) is 5.52. The lowest BCUT2D eigenvalue weighted by Gasteiger charge is -2.21. The molecule has 5 heteroatoms. The number of halogens is 1. The van der Waals surface area contributed by atoms with Crippen LogP contribution < -0.4 is 9.75 Å². The lowest BCUT2D eigenvalue weighted by Crippen LogP contribution is -2.24. The number of nitrogens with zero attached hydrogens (tertiary/aromatic N) is 2. The van der Waals surface area contributed by atoms with Crippen molar-refractivity contribution in [3.8, 4) is 5.75 Å². The van der Waals surface area contributed by atoms with Gasteiger partial charge >= 0.3 is 0 Å². The number of anilines is 1. The summed E-state index contributed by atoms with van der Waals surface area (Å²) in [6.45, 7) is 0.917. The van der Waals surface area contributed by atoms with Crippen LogP contribution in [0.25, 0.3) is 0 Å². The van der Waals surface area contributed by atoms with E-state index < -0.39 is 0 Å². The molecule has 2 heterocycles. The Bertz CT molecular complexity index is 745. The molecule has 0 spiro atoms. The summed E-state index contributed by atoms with van der Waals surface area (Å²) < 4.78 is 5.36. The van der Waals surface area contributed by atoms with Crippen molar-refractivity contribution >= 4 is 34.8 Å². The fourth-order valence-corrected chi connectivity index (χ4v) is 4.14. The molecule has 0 bridgehead atoms. The summed E-state index contributed by atoms with van der Waals surface area (Å²) in [6.07, 6.45) is 0. The molecule has 2 aromatic rings. The molecular weight excluding hydrogens is 316 g/mol. The second-order valence-corrected chi connectivity index (χ2v) is 6.91. The van der Waals surface area contributed by atoms with Gasteiger partial charge in [0.25, 0.3) is 0 Å². The standard InChI is InChI=1S/C17H15ClN2OS/c1-21-14-6-7-16-15(8-14)17-11(10-22-16)9-20(19-17)13-4-2-12(18)3-5-13/h2-8,11H,9-10H2,1H3. The number of fused-ring (bicyclic) bond motifs is 3. The van der Waals surface area contributed by atoms with Crippen LogP contribution in [0.1, 0.15) is 5.56 Å². The van der Waals surface area contributed by atoms with Crippen LogP contribution in [0.4, 0.5) is 5.69 Å². The molecule has 1 atom stereocenters. The van der Waals surface area contributed by atoms with Crippen molar-refractivity contribution in [2.75, 3.05) is 24.4 Å². The van der Waals surface area contributed by atoms with E-state index in [1.807, 2.05) is 42.1 Å². The van der Waals surface area contributed by atoms with Crippen LogP contribution in [0, 0.1) is 5.92 Å². The molecule has 0 saturated carbocycles. The topological polar surface area (TPSA) is 24.8 Å². The zero-order chi connectivity index (χ0) is 15.1.